The Balaban J connectivity index is 2.51. The number of halogens is 4. The average Bonchev–Trinajstić information content (AvgIpc) is 2.84. The van der Waals surface area contributed by atoms with E-state index in [9.17, 15) is 27.9 Å². The third-order valence-electron chi connectivity index (χ3n) is 3.31. The van der Waals surface area contributed by atoms with E-state index in [4.69, 9.17) is 17.3 Å². The molecule has 1 unspecified atom stereocenters. The molecule has 25 heavy (non-hydrogen) atoms. The van der Waals surface area contributed by atoms with E-state index < -0.39 is 36.8 Å². The van der Waals surface area contributed by atoms with Crippen molar-refractivity contribution in [2.24, 2.45) is 5.73 Å². The van der Waals surface area contributed by atoms with Crippen LogP contribution in [0.2, 0.25) is 5.02 Å². The first-order valence-corrected chi connectivity index (χ1v) is 7.41. The van der Waals surface area contributed by atoms with Crippen LogP contribution < -0.4 is 11.4 Å². The monoisotopic (exact) mass is 378 g/mol. The van der Waals surface area contributed by atoms with Crippen molar-refractivity contribution in [2.75, 3.05) is 6.54 Å². The standard InChI is InChI=1S/C14H14ClF3N4O3/c15-9-3-1-8(2-4-9)12-20-22(6-10(23)5-19)13(25)21(12)7-11(24)14(16,17)18/h1-4,11,24H,5-7,19H2. The van der Waals surface area contributed by atoms with E-state index in [-0.39, 0.29) is 12.4 Å². The SMILES string of the molecule is NCC(=O)Cn1nc(-c2ccc(Cl)cc2)n(CC(O)C(F)(F)F)c1=O. The first-order valence-electron chi connectivity index (χ1n) is 7.03. The minimum atomic E-state index is -4.91. The van der Waals surface area contributed by atoms with E-state index >= 15 is 0 Å². The lowest BCUT2D eigenvalue weighted by Gasteiger charge is -2.15. The third kappa shape index (κ3) is 4.47. The van der Waals surface area contributed by atoms with Crippen molar-refractivity contribution >= 4 is 17.4 Å². The second kappa shape index (κ2) is 7.38. The highest BCUT2D eigenvalue weighted by molar-refractivity contribution is 6.30. The Bertz CT molecular complexity index is 814. The fraction of sp³-hybridized carbons (Fsp3) is 0.357. The summed E-state index contributed by atoms with van der Waals surface area (Å²) < 4.78 is 39.3. The first-order chi connectivity index (χ1) is 11.6. The molecule has 0 aliphatic rings. The molecule has 1 atom stereocenters. The largest absolute Gasteiger partial charge is 0.416 e. The van der Waals surface area contributed by atoms with Gasteiger partial charge in [-0.15, -0.1) is 5.10 Å². The van der Waals surface area contributed by atoms with Crippen LogP contribution in [-0.2, 0) is 17.9 Å². The number of benzene rings is 1. The lowest BCUT2D eigenvalue weighted by molar-refractivity contribution is -0.207. The van der Waals surface area contributed by atoms with Crippen molar-refractivity contribution in [3.63, 3.8) is 0 Å². The van der Waals surface area contributed by atoms with Crippen LogP contribution >= 0.6 is 11.6 Å². The molecule has 11 heteroatoms. The number of alkyl halides is 3. The van der Waals surface area contributed by atoms with Crippen molar-refractivity contribution in [1.29, 1.82) is 0 Å². The molecule has 7 nitrogen and oxygen atoms in total. The predicted octanol–water partition coefficient (Wildman–Crippen LogP) is 0.816. The zero-order valence-electron chi connectivity index (χ0n) is 12.7. The molecule has 0 aliphatic carbocycles. The third-order valence-corrected chi connectivity index (χ3v) is 3.56. The van der Waals surface area contributed by atoms with Crippen molar-refractivity contribution in [2.45, 2.75) is 25.4 Å². The van der Waals surface area contributed by atoms with Crippen molar-refractivity contribution in [3.05, 3.63) is 39.8 Å². The van der Waals surface area contributed by atoms with Gasteiger partial charge in [0.2, 0.25) is 0 Å². The molecule has 2 aromatic rings. The minimum Gasteiger partial charge on any atom is -0.382 e. The van der Waals surface area contributed by atoms with Gasteiger partial charge in [0.15, 0.2) is 17.7 Å². The summed E-state index contributed by atoms with van der Waals surface area (Å²) in [6.07, 6.45) is -7.68. The van der Waals surface area contributed by atoms with Gasteiger partial charge < -0.3 is 10.8 Å². The maximum Gasteiger partial charge on any atom is 0.416 e. The molecule has 0 bridgehead atoms. The van der Waals surface area contributed by atoms with Crippen LogP contribution in [0.1, 0.15) is 0 Å². The Morgan fingerprint density at radius 3 is 2.44 bits per heavy atom. The van der Waals surface area contributed by atoms with E-state index in [0.29, 0.717) is 19.8 Å². The van der Waals surface area contributed by atoms with Gasteiger partial charge in [-0.2, -0.15) is 13.2 Å². The molecule has 136 valence electrons. The fourth-order valence-corrected chi connectivity index (χ4v) is 2.16. The number of aliphatic hydroxyl groups is 1. The molecule has 0 radical (unpaired) electrons. The quantitative estimate of drug-likeness (QED) is 0.774. The van der Waals surface area contributed by atoms with Crippen molar-refractivity contribution in [1.82, 2.24) is 14.3 Å². The molecule has 2 rings (SSSR count). The molecule has 3 N–H and O–H groups in total. The molecule has 0 amide bonds. The number of nitrogens with two attached hydrogens (primary N) is 1. The average molecular weight is 379 g/mol. The van der Waals surface area contributed by atoms with Crippen LogP contribution in [0, 0.1) is 0 Å². The van der Waals surface area contributed by atoms with Crippen molar-refractivity contribution < 1.29 is 23.1 Å². The van der Waals surface area contributed by atoms with Gasteiger partial charge >= 0.3 is 11.9 Å². The molecule has 1 heterocycles. The highest BCUT2D eigenvalue weighted by Crippen LogP contribution is 2.23. The predicted molar refractivity (Wildman–Crippen MR) is 83.1 cm³/mol. The number of hydrogen-bond acceptors (Lipinski definition) is 5. The maximum atomic E-state index is 12.6. The molecule has 0 aliphatic heterocycles. The summed E-state index contributed by atoms with van der Waals surface area (Å²) in [5.74, 6) is -0.652. The molecule has 1 aromatic heterocycles. The van der Waals surface area contributed by atoms with Gasteiger partial charge in [0.25, 0.3) is 0 Å². The zero-order chi connectivity index (χ0) is 18.8. The summed E-state index contributed by atoms with van der Waals surface area (Å²) in [5, 5.41) is 13.6. The summed E-state index contributed by atoms with van der Waals surface area (Å²) in [5.41, 5.74) is 4.52. The first kappa shape index (κ1) is 19.2. The van der Waals surface area contributed by atoms with Crippen LogP contribution in [0.25, 0.3) is 11.4 Å². The van der Waals surface area contributed by atoms with Crippen LogP contribution in [0.3, 0.4) is 0 Å². The lowest BCUT2D eigenvalue weighted by Crippen LogP contribution is -2.37. The Kier molecular flexibility index (Phi) is 5.65. The topological polar surface area (TPSA) is 103 Å². The van der Waals surface area contributed by atoms with Crippen LogP contribution in [0.15, 0.2) is 29.1 Å². The molecule has 1 aromatic carbocycles. The molecular weight excluding hydrogens is 365 g/mol. The highest BCUT2D eigenvalue weighted by Gasteiger charge is 2.39. The second-order valence-corrected chi connectivity index (χ2v) is 5.62. The van der Waals surface area contributed by atoms with E-state index in [1.807, 2.05) is 0 Å². The molecular formula is C14H14ClF3N4O3. The Morgan fingerprint density at radius 1 is 1.32 bits per heavy atom. The number of hydrogen-bond donors (Lipinski definition) is 2. The van der Waals surface area contributed by atoms with E-state index in [1.54, 1.807) is 0 Å². The van der Waals surface area contributed by atoms with E-state index in [1.165, 1.54) is 24.3 Å². The van der Waals surface area contributed by atoms with Gasteiger partial charge in [-0.05, 0) is 24.3 Å². The number of aromatic nitrogens is 3. The second-order valence-electron chi connectivity index (χ2n) is 5.18. The Morgan fingerprint density at radius 2 is 1.92 bits per heavy atom. The molecule has 0 spiro atoms. The number of nitrogens with zero attached hydrogens (tertiary/aromatic N) is 3. The lowest BCUT2D eigenvalue weighted by atomic mass is 10.2. The fourth-order valence-electron chi connectivity index (χ4n) is 2.03. The van der Waals surface area contributed by atoms with Gasteiger partial charge in [0, 0.05) is 10.6 Å². The van der Waals surface area contributed by atoms with E-state index in [0.717, 1.165) is 0 Å². The van der Waals surface area contributed by atoms with Crippen LogP contribution in [-0.4, -0.2) is 44.1 Å². The Labute approximate surface area is 144 Å². The summed E-state index contributed by atoms with van der Waals surface area (Å²) in [7, 11) is 0. The van der Waals surface area contributed by atoms with Gasteiger partial charge in [0.1, 0.15) is 6.54 Å². The molecule has 0 fully saturated rings. The van der Waals surface area contributed by atoms with Gasteiger partial charge in [0.05, 0.1) is 13.1 Å². The zero-order valence-corrected chi connectivity index (χ0v) is 13.5. The number of ketones is 1. The summed E-state index contributed by atoms with van der Waals surface area (Å²) in [6.45, 7) is -1.89. The molecule has 0 saturated carbocycles. The highest BCUT2D eigenvalue weighted by atomic mass is 35.5. The van der Waals surface area contributed by atoms with Gasteiger partial charge in [-0.1, -0.05) is 11.6 Å². The Hall–Kier alpha value is -2.17. The maximum absolute atomic E-state index is 12.6. The van der Waals surface area contributed by atoms with Crippen LogP contribution in [0.5, 0.6) is 0 Å². The summed E-state index contributed by atoms with van der Waals surface area (Å²) in [4.78, 5) is 23.7. The summed E-state index contributed by atoms with van der Waals surface area (Å²) in [6, 6.07) is 5.84. The number of carbonyl (C=O) groups excluding carboxylic acids is 1. The van der Waals surface area contributed by atoms with Crippen molar-refractivity contribution in [3.8, 4) is 11.4 Å². The normalized spacial score (nSPS) is 13.0. The summed E-state index contributed by atoms with van der Waals surface area (Å²) >= 11 is 5.77. The number of rotatable bonds is 6. The smallest absolute Gasteiger partial charge is 0.382 e. The number of carbonyl (C=O) groups is 1. The van der Waals surface area contributed by atoms with Gasteiger partial charge in [-0.25, -0.2) is 9.48 Å². The van der Waals surface area contributed by atoms with Gasteiger partial charge in [-0.3, -0.25) is 9.36 Å². The van der Waals surface area contributed by atoms with Crippen LogP contribution in [0.4, 0.5) is 13.2 Å². The number of Topliss-reactive ketones (excluding diaryl/α,β-unsaturated/α-hetero) is 1. The number of aliphatic hydroxyl groups excluding tert-OH is 1. The molecule has 0 saturated heterocycles. The van der Waals surface area contributed by atoms with E-state index in [2.05, 4.69) is 5.10 Å². The minimum absolute atomic E-state index is 0.130.